The fourth-order valence-electron chi connectivity index (χ4n) is 0. The van der Waals surface area contributed by atoms with Crippen molar-refractivity contribution >= 4 is 29.5 Å². The Hall–Kier alpha value is 0.526. The standard InChI is InChI=1S/CH2O2.CH3.ClH.Mg/c2-1-3;;;/h1H,(H,2,3);1H3;1H;/q;-1;;+2/p-1. The number of hydrogen-bond acceptors (Lipinski definition) is 1. The number of hydrogen-bond donors (Lipinski definition) is 1. The predicted octanol–water partition coefficient (Wildman–Crippen LogP) is -3.23. The van der Waals surface area contributed by atoms with Gasteiger partial charge in [-0.1, -0.05) is 0 Å². The monoisotopic (exact) mass is 120 g/mol. The van der Waals surface area contributed by atoms with Crippen molar-refractivity contribution in [3.05, 3.63) is 7.43 Å². The average molecular weight is 121 g/mol. The Balaban J connectivity index is -0.00000000667. The Bertz CT molecular complexity index is 19.0. The minimum absolute atomic E-state index is 0. The van der Waals surface area contributed by atoms with Crippen LogP contribution in [0.4, 0.5) is 0 Å². The largest absolute Gasteiger partial charge is 2.00 e. The smallest absolute Gasteiger partial charge is 1.00 e. The van der Waals surface area contributed by atoms with Crippen molar-refractivity contribution in [1.29, 1.82) is 0 Å². The quantitative estimate of drug-likeness (QED) is 0.208. The molecule has 0 aliphatic heterocycles. The molecule has 0 heterocycles. The Labute approximate surface area is 59.5 Å². The summed E-state index contributed by atoms with van der Waals surface area (Å²) in [7, 11) is 0. The maximum Gasteiger partial charge on any atom is 2.00 e. The van der Waals surface area contributed by atoms with Crippen molar-refractivity contribution in [2.75, 3.05) is 0 Å². The van der Waals surface area contributed by atoms with Gasteiger partial charge in [-0.3, -0.25) is 4.79 Å². The molecule has 0 atom stereocenters. The van der Waals surface area contributed by atoms with Crippen LogP contribution in [0.2, 0.25) is 0 Å². The van der Waals surface area contributed by atoms with Gasteiger partial charge in [-0.25, -0.2) is 0 Å². The number of carbonyl (C=O) groups is 1. The van der Waals surface area contributed by atoms with E-state index in [1.54, 1.807) is 0 Å². The molecular formula is C2H5ClMgO2. The molecule has 0 radical (unpaired) electrons. The summed E-state index contributed by atoms with van der Waals surface area (Å²) in [5, 5.41) is 6.89. The van der Waals surface area contributed by atoms with Crippen molar-refractivity contribution in [3.63, 3.8) is 0 Å². The molecule has 0 bridgehead atoms. The first-order valence-corrected chi connectivity index (χ1v) is 0.494. The van der Waals surface area contributed by atoms with E-state index in [0.717, 1.165) is 0 Å². The first-order valence-electron chi connectivity index (χ1n) is 0.494. The van der Waals surface area contributed by atoms with Crippen LogP contribution in [-0.4, -0.2) is 34.6 Å². The van der Waals surface area contributed by atoms with E-state index in [9.17, 15) is 0 Å². The number of rotatable bonds is 0. The van der Waals surface area contributed by atoms with Crippen LogP contribution in [0.25, 0.3) is 0 Å². The van der Waals surface area contributed by atoms with Gasteiger partial charge in [0.1, 0.15) is 0 Å². The second kappa shape index (κ2) is 48.6. The zero-order chi connectivity index (χ0) is 2.71. The normalized spacial score (nSPS) is 2.00. The number of halogens is 1. The minimum atomic E-state index is -0.250. The molecule has 0 aromatic rings. The molecule has 2 nitrogen and oxygen atoms in total. The molecule has 0 saturated heterocycles. The first kappa shape index (κ1) is 31.2. The molecule has 0 aromatic carbocycles. The molecule has 34 valence electrons. The molecule has 0 fully saturated rings. The third-order valence-electron chi connectivity index (χ3n) is 0. The van der Waals surface area contributed by atoms with Gasteiger partial charge in [0.05, 0.1) is 0 Å². The topological polar surface area (TPSA) is 37.3 Å². The summed E-state index contributed by atoms with van der Waals surface area (Å²) in [5.41, 5.74) is 0. The molecular weight excluding hydrogens is 116 g/mol. The van der Waals surface area contributed by atoms with Crippen LogP contribution < -0.4 is 12.4 Å². The van der Waals surface area contributed by atoms with Crippen LogP contribution >= 0.6 is 0 Å². The van der Waals surface area contributed by atoms with Crippen molar-refractivity contribution < 1.29 is 22.3 Å². The summed E-state index contributed by atoms with van der Waals surface area (Å²) >= 11 is 0. The summed E-state index contributed by atoms with van der Waals surface area (Å²) in [6.45, 7) is -0.250. The van der Waals surface area contributed by atoms with E-state index in [2.05, 4.69) is 0 Å². The van der Waals surface area contributed by atoms with Crippen molar-refractivity contribution in [1.82, 2.24) is 0 Å². The molecule has 0 aromatic heterocycles. The molecule has 0 rings (SSSR count). The molecule has 0 amide bonds. The molecule has 0 spiro atoms. The van der Waals surface area contributed by atoms with Crippen LogP contribution in [0.5, 0.6) is 0 Å². The van der Waals surface area contributed by atoms with Crippen LogP contribution in [0, 0.1) is 7.43 Å². The number of carboxylic acid groups (broad SMARTS) is 1. The Morgan fingerprint density at radius 2 is 1.50 bits per heavy atom. The summed E-state index contributed by atoms with van der Waals surface area (Å²) in [6, 6.07) is 0. The molecule has 0 aliphatic rings. The van der Waals surface area contributed by atoms with Crippen LogP contribution in [0.3, 0.4) is 0 Å². The summed E-state index contributed by atoms with van der Waals surface area (Å²) in [4.78, 5) is 8.36. The van der Waals surface area contributed by atoms with Crippen LogP contribution in [0.1, 0.15) is 0 Å². The third kappa shape index (κ3) is 203. The summed E-state index contributed by atoms with van der Waals surface area (Å²) in [5.74, 6) is 0. The second-order valence-corrected chi connectivity index (χ2v) is 0.105. The minimum Gasteiger partial charge on any atom is -1.00 e. The van der Waals surface area contributed by atoms with E-state index in [1.165, 1.54) is 0 Å². The van der Waals surface area contributed by atoms with E-state index in [0.29, 0.717) is 0 Å². The molecule has 0 saturated carbocycles. The Kier molecular flexibility index (Phi) is 253. The van der Waals surface area contributed by atoms with Crippen molar-refractivity contribution in [3.8, 4) is 0 Å². The summed E-state index contributed by atoms with van der Waals surface area (Å²) in [6.07, 6.45) is 0. The fraction of sp³-hybridized carbons (Fsp3) is 0. The molecule has 1 N–H and O–H groups in total. The first-order chi connectivity index (χ1) is 1.41. The van der Waals surface area contributed by atoms with Gasteiger partial charge >= 0.3 is 23.1 Å². The van der Waals surface area contributed by atoms with E-state index in [1.807, 2.05) is 0 Å². The van der Waals surface area contributed by atoms with Crippen molar-refractivity contribution in [2.45, 2.75) is 0 Å². The van der Waals surface area contributed by atoms with Gasteiger partial charge < -0.3 is 24.9 Å². The third-order valence-corrected chi connectivity index (χ3v) is 0. The van der Waals surface area contributed by atoms with Gasteiger partial charge in [0.15, 0.2) is 0 Å². The van der Waals surface area contributed by atoms with Gasteiger partial charge in [0, 0.05) is 0 Å². The zero-order valence-corrected chi connectivity index (χ0v) is 5.69. The molecule has 0 unspecified atom stereocenters. The van der Waals surface area contributed by atoms with Gasteiger partial charge in [0.2, 0.25) is 0 Å². The maximum atomic E-state index is 8.36. The van der Waals surface area contributed by atoms with Crippen molar-refractivity contribution in [2.24, 2.45) is 0 Å². The Morgan fingerprint density at radius 3 is 1.50 bits per heavy atom. The molecule has 6 heavy (non-hydrogen) atoms. The predicted molar refractivity (Wildman–Crippen MR) is 20.9 cm³/mol. The van der Waals surface area contributed by atoms with Gasteiger partial charge in [-0.05, 0) is 0 Å². The van der Waals surface area contributed by atoms with E-state index < -0.39 is 0 Å². The Morgan fingerprint density at radius 1 is 1.50 bits per heavy atom. The zero-order valence-electron chi connectivity index (χ0n) is 3.52. The summed E-state index contributed by atoms with van der Waals surface area (Å²) < 4.78 is 0. The van der Waals surface area contributed by atoms with E-state index >= 15 is 0 Å². The van der Waals surface area contributed by atoms with Crippen LogP contribution in [-0.2, 0) is 4.79 Å². The fourth-order valence-corrected chi connectivity index (χ4v) is 0. The van der Waals surface area contributed by atoms with Gasteiger partial charge in [0.25, 0.3) is 6.47 Å². The maximum absolute atomic E-state index is 8.36. The second-order valence-electron chi connectivity index (χ2n) is 0.105. The molecule has 4 heteroatoms. The van der Waals surface area contributed by atoms with Gasteiger partial charge in [-0.2, -0.15) is 0 Å². The SMILES string of the molecule is O=CO.[CH3-].[Cl-].[Mg+2]. The average Bonchev–Trinajstić information content (AvgIpc) is 0.918. The van der Waals surface area contributed by atoms with E-state index in [4.69, 9.17) is 9.90 Å². The molecule has 0 aliphatic carbocycles. The van der Waals surface area contributed by atoms with Crippen LogP contribution in [0.15, 0.2) is 0 Å². The van der Waals surface area contributed by atoms with E-state index in [-0.39, 0.29) is 49.4 Å². The van der Waals surface area contributed by atoms with Gasteiger partial charge in [-0.15, -0.1) is 0 Å².